The highest BCUT2D eigenvalue weighted by molar-refractivity contribution is 6.24. The van der Waals surface area contributed by atoms with Crippen LogP contribution in [0.15, 0.2) is 97.2 Å². The van der Waals surface area contributed by atoms with E-state index >= 15 is 0 Å². The zero-order valence-electron chi connectivity index (χ0n) is 18.6. The second kappa shape index (κ2) is 8.12. The minimum atomic E-state index is -0.329. The van der Waals surface area contributed by atoms with Crippen LogP contribution in [0, 0.1) is 0 Å². The smallest absolute Gasteiger partial charge is 0.338 e. The zero-order valence-corrected chi connectivity index (χ0v) is 18.6. The van der Waals surface area contributed by atoms with Gasteiger partial charge in [-0.1, -0.05) is 54.6 Å². The summed E-state index contributed by atoms with van der Waals surface area (Å²) in [6.45, 7) is 2.15. The van der Waals surface area contributed by atoms with E-state index < -0.39 is 0 Å². The number of pyridine rings is 2. The first-order chi connectivity index (χ1) is 16.8. The molecule has 0 unspecified atom stereocenters. The third-order valence-electron chi connectivity index (χ3n) is 6.03. The standard InChI is InChI=1S/C29H21N3O2/c1-2-34-29(33)20-15-16-24-22(18-20)26-21-12-6-7-13-23(21)31-27(19-10-4-3-5-11-19)28(26)32(24)25-14-8-9-17-30-25/h3-18H,2H2,1H3. The Morgan fingerprint density at radius 2 is 1.68 bits per heavy atom. The first-order valence-corrected chi connectivity index (χ1v) is 11.3. The number of carbonyl (C=O) groups excluding carboxylic acids is 1. The second-order valence-electron chi connectivity index (χ2n) is 8.04. The van der Waals surface area contributed by atoms with Crippen molar-refractivity contribution in [2.24, 2.45) is 0 Å². The van der Waals surface area contributed by atoms with E-state index in [4.69, 9.17) is 9.72 Å². The molecule has 0 spiro atoms. The van der Waals surface area contributed by atoms with Crippen molar-refractivity contribution in [1.29, 1.82) is 0 Å². The number of ether oxygens (including phenoxy) is 1. The maximum Gasteiger partial charge on any atom is 0.338 e. The number of esters is 1. The highest BCUT2D eigenvalue weighted by Gasteiger charge is 2.22. The minimum Gasteiger partial charge on any atom is -0.462 e. The van der Waals surface area contributed by atoms with Crippen molar-refractivity contribution in [3.8, 4) is 17.1 Å². The number of fused-ring (bicyclic) bond motifs is 5. The predicted molar refractivity (Wildman–Crippen MR) is 135 cm³/mol. The van der Waals surface area contributed by atoms with E-state index in [0.717, 1.165) is 49.8 Å². The number of benzene rings is 3. The number of rotatable bonds is 4. The van der Waals surface area contributed by atoms with E-state index in [1.165, 1.54) is 0 Å². The fraction of sp³-hybridized carbons (Fsp3) is 0.0690. The summed E-state index contributed by atoms with van der Waals surface area (Å²) < 4.78 is 7.43. The molecule has 5 nitrogen and oxygen atoms in total. The topological polar surface area (TPSA) is 57.0 Å². The van der Waals surface area contributed by atoms with Crippen molar-refractivity contribution in [3.05, 3.63) is 103 Å². The number of hydrogen-bond donors (Lipinski definition) is 0. The Hall–Kier alpha value is -4.51. The predicted octanol–water partition coefficient (Wildman–Crippen LogP) is 6.57. The van der Waals surface area contributed by atoms with Gasteiger partial charge in [-0.3, -0.25) is 4.57 Å². The van der Waals surface area contributed by atoms with Gasteiger partial charge in [0.25, 0.3) is 0 Å². The Kier molecular flexibility index (Phi) is 4.81. The van der Waals surface area contributed by atoms with E-state index in [1.807, 2.05) is 79.7 Å². The molecule has 5 heteroatoms. The molecular formula is C29H21N3O2. The molecule has 164 valence electrons. The van der Waals surface area contributed by atoms with Crippen LogP contribution in [-0.4, -0.2) is 27.1 Å². The summed E-state index contributed by atoms with van der Waals surface area (Å²) in [4.78, 5) is 22.4. The van der Waals surface area contributed by atoms with Crippen molar-refractivity contribution in [1.82, 2.24) is 14.5 Å². The van der Waals surface area contributed by atoms with Gasteiger partial charge < -0.3 is 4.74 Å². The van der Waals surface area contributed by atoms with E-state index in [1.54, 1.807) is 6.20 Å². The van der Waals surface area contributed by atoms with Crippen LogP contribution in [-0.2, 0) is 4.74 Å². The first-order valence-electron chi connectivity index (χ1n) is 11.3. The molecule has 0 saturated carbocycles. The summed E-state index contributed by atoms with van der Waals surface area (Å²) in [5.41, 5.74) is 5.22. The molecule has 0 bridgehead atoms. The van der Waals surface area contributed by atoms with Crippen molar-refractivity contribution < 1.29 is 9.53 Å². The molecule has 34 heavy (non-hydrogen) atoms. The summed E-state index contributed by atoms with van der Waals surface area (Å²) in [6, 6.07) is 29.9. The van der Waals surface area contributed by atoms with E-state index in [2.05, 4.69) is 27.8 Å². The summed E-state index contributed by atoms with van der Waals surface area (Å²) in [5.74, 6) is 0.463. The van der Waals surface area contributed by atoms with Gasteiger partial charge in [0, 0.05) is 27.9 Å². The molecule has 6 rings (SSSR count). The normalized spacial score (nSPS) is 11.3. The molecule has 0 fully saturated rings. The second-order valence-corrected chi connectivity index (χ2v) is 8.04. The Morgan fingerprint density at radius 3 is 2.47 bits per heavy atom. The van der Waals surface area contributed by atoms with Gasteiger partial charge in [-0.2, -0.15) is 0 Å². The number of carbonyl (C=O) groups is 1. The summed E-state index contributed by atoms with van der Waals surface area (Å²) in [5, 5.41) is 3.02. The zero-order chi connectivity index (χ0) is 23.1. The van der Waals surface area contributed by atoms with Gasteiger partial charge in [0.1, 0.15) is 5.82 Å². The van der Waals surface area contributed by atoms with Crippen LogP contribution in [0.25, 0.3) is 49.8 Å². The highest BCUT2D eigenvalue weighted by Crippen LogP contribution is 2.40. The van der Waals surface area contributed by atoms with Gasteiger partial charge in [-0.25, -0.2) is 14.8 Å². The molecule has 0 aliphatic carbocycles. The van der Waals surface area contributed by atoms with Crippen molar-refractivity contribution in [2.75, 3.05) is 6.61 Å². The Morgan fingerprint density at radius 1 is 0.882 bits per heavy atom. The number of para-hydroxylation sites is 1. The van der Waals surface area contributed by atoms with Crippen molar-refractivity contribution >= 4 is 38.7 Å². The van der Waals surface area contributed by atoms with Crippen LogP contribution in [0.5, 0.6) is 0 Å². The maximum absolute atomic E-state index is 12.6. The minimum absolute atomic E-state index is 0.329. The quantitative estimate of drug-likeness (QED) is 0.289. The maximum atomic E-state index is 12.6. The lowest BCUT2D eigenvalue weighted by molar-refractivity contribution is 0.0526. The lowest BCUT2D eigenvalue weighted by Gasteiger charge is -2.11. The highest BCUT2D eigenvalue weighted by atomic mass is 16.5. The lowest BCUT2D eigenvalue weighted by Crippen LogP contribution is -2.04. The lowest BCUT2D eigenvalue weighted by atomic mass is 10.0. The summed E-state index contributed by atoms with van der Waals surface area (Å²) >= 11 is 0. The van der Waals surface area contributed by atoms with E-state index in [9.17, 15) is 4.79 Å². The molecule has 3 heterocycles. The Bertz CT molecular complexity index is 1670. The van der Waals surface area contributed by atoms with Crippen LogP contribution in [0.3, 0.4) is 0 Å². The third kappa shape index (κ3) is 3.13. The third-order valence-corrected chi connectivity index (χ3v) is 6.03. The van der Waals surface area contributed by atoms with Crippen LogP contribution in [0.2, 0.25) is 0 Å². The van der Waals surface area contributed by atoms with Crippen LogP contribution in [0.1, 0.15) is 17.3 Å². The fourth-order valence-corrected chi connectivity index (χ4v) is 4.61. The molecule has 3 aromatic heterocycles. The van der Waals surface area contributed by atoms with E-state index in [-0.39, 0.29) is 5.97 Å². The SMILES string of the molecule is CCOC(=O)c1ccc2c(c1)c1c3ccccc3nc(-c3ccccc3)c1n2-c1ccccn1. The average Bonchev–Trinajstić information content (AvgIpc) is 3.24. The molecule has 0 atom stereocenters. The van der Waals surface area contributed by atoms with Crippen molar-refractivity contribution in [3.63, 3.8) is 0 Å². The van der Waals surface area contributed by atoms with Gasteiger partial charge >= 0.3 is 5.97 Å². The van der Waals surface area contributed by atoms with E-state index in [0.29, 0.717) is 12.2 Å². The summed E-state index contributed by atoms with van der Waals surface area (Å²) in [6.07, 6.45) is 1.79. The number of nitrogens with zero attached hydrogens (tertiary/aromatic N) is 3. The first kappa shape index (κ1) is 20.1. The number of hydrogen-bond acceptors (Lipinski definition) is 4. The van der Waals surface area contributed by atoms with Crippen LogP contribution in [0.4, 0.5) is 0 Å². The fourth-order valence-electron chi connectivity index (χ4n) is 4.61. The Labute approximate surface area is 196 Å². The van der Waals surface area contributed by atoms with Crippen LogP contribution >= 0.6 is 0 Å². The van der Waals surface area contributed by atoms with Gasteiger partial charge in [0.2, 0.25) is 0 Å². The summed E-state index contributed by atoms with van der Waals surface area (Å²) in [7, 11) is 0. The van der Waals surface area contributed by atoms with Gasteiger partial charge in [-0.15, -0.1) is 0 Å². The van der Waals surface area contributed by atoms with Crippen LogP contribution < -0.4 is 0 Å². The molecule has 0 radical (unpaired) electrons. The number of aromatic nitrogens is 3. The van der Waals surface area contributed by atoms with Gasteiger partial charge in [0.15, 0.2) is 0 Å². The molecule has 6 aromatic rings. The molecular weight excluding hydrogens is 422 g/mol. The molecule has 0 saturated heterocycles. The Balaban J connectivity index is 1.84. The molecule has 0 aliphatic heterocycles. The van der Waals surface area contributed by atoms with Gasteiger partial charge in [-0.05, 0) is 43.3 Å². The molecule has 0 N–H and O–H groups in total. The molecule has 0 amide bonds. The molecule has 3 aromatic carbocycles. The monoisotopic (exact) mass is 443 g/mol. The largest absolute Gasteiger partial charge is 0.462 e. The van der Waals surface area contributed by atoms with Crippen molar-refractivity contribution in [2.45, 2.75) is 6.92 Å². The van der Waals surface area contributed by atoms with Gasteiger partial charge in [0.05, 0.1) is 34.4 Å². The molecule has 0 aliphatic rings. The average molecular weight is 444 g/mol.